The van der Waals surface area contributed by atoms with Gasteiger partial charge in [-0.2, -0.15) is 0 Å². The third kappa shape index (κ3) is 5.13. The van der Waals surface area contributed by atoms with Crippen molar-refractivity contribution in [2.75, 3.05) is 5.32 Å². The van der Waals surface area contributed by atoms with Gasteiger partial charge in [-0.15, -0.1) is 0 Å². The number of anilines is 1. The smallest absolute Gasteiger partial charge is 0.303 e. The minimum Gasteiger partial charge on any atom is -0.481 e. The van der Waals surface area contributed by atoms with Crippen LogP contribution in [0, 0.1) is 5.92 Å². The van der Waals surface area contributed by atoms with Crippen molar-refractivity contribution in [1.29, 1.82) is 0 Å². The fraction of sp³-hybridized carbons (Fsp3) is 0.385. The lowest BCUT2D eigenvalue weighted by Gasteiger charge is -2.28. The van der Waals surface area contributed by atoms with E-state index in [0.717, 1.165) is 55.5 Å². The maximum atomic E-state index is 12.4. The van der Waals surface area contributed by atoms with E-state index in [-0.39, 0.29) is 18.0 Å². The van der Waals surface area contributed by atoms with E-state index in [1.165, 1.54) is 5.56 Å². The summed E-state index contributed by atoms with van der Waals surface area (Å²) in [5.74, 6) is 1.01. The fourth-order valence-corrected chi connectivity index (χ4v) is 4.66. The van der Waals surface area contributed by atoms with Gasteiger partial charge >= 0.3 is 5.97 Å². The molecule has 33 heavy (non-hydrogen) atoms. The molecule has 0 atom stereocenters. The van der Waals surface area contributed by atoms with Gasteiger partial charge in [-0.25, -0.2) is 0 Å². The highest BCUT2D eigenvalue weighted by Crippen LogP contribution is 2.40. The summed E-state index contributed by atoms with van der Waals surface area (Å²) in [6, 6.07) is 13.9. The van der Waals surface area contributed by atoms with Gasteiger partial charge in [0, 0.05) is 24.0 Å². The molecular weight excluding hydrogens is 418 g/mol. The van der Waals surface area contributed by atoms with Crippen molar-refractivity contribution in [1.82, 2.24) is 10.1 Å². The molecule has 3 aromatic rings. The summed E-state index contributed by atoms with van der Waals surface area (Å²) in [5, 5.41) is 15.7. The number of carbonyl (C=O) groups excluding carboxylic acids is 1. The number of aliphatic carboxylic acids is 1. The number of benzene rings is 1. The number of aromatic nitrogens is 2. The molecule has 2 aromatic heterocycles. The topological polar surface area (TPSA) is 105 Å². The van der Waals surface area contributed by atoms with Crippen LogP contribution in [0.4, 0.5) is 5.69 Å². The zero-order valence-electron chi connectivity index (χ0n) is 18.4. The highest BCUT2D eigenvalue weighted by Gasteiger charge is 2.29. The Kier molecular flexibility index (Phi) is 5.94. The highest BCUT2D eigenvalue weighted by molar-refractivity contribution is 6.02. The first kappa shape index (κ1) is 21.4. The molecule has 0 radical (unpaired) electrons. The number of nitrogens with one attached hydrogen (secondary N) is 1. The molecule has 2 fully saturated rings. The SMILES string of the molecule is O=C(O)CC1CCC(c2ccc(-c3ccc(NC(=O)c4cc(C5CC5)on4)cn3)cc2)CC1. The first-order valence-corrected chi connectivity index (χ1v) is 11.6. The molecule has 1 amide bonds. The van der Waals surface area contributed by atoms with Crippen LogP contribution in [0.5, 0.6) is 0 Å². The molecule has 170 valence electrons. The molecule has 7 nitrogen and oxygen atoms in total. The summed E-state index contributed by atoms with van der Waals surface area (Å²) in [6.45, 7) is 0. The molecule has 2 saturated carbocycles. The Labute approximate surface area is 192 Å². The van der Waals surface area contributed by atoms with E-state index in [1.807, 2.05) is 12.1 Å². The normalized spacial score (nSPS) is 20.4. The number of amides is 1. The second-order valence-electron chi connectivity index (χ2n) is 9.21. The zero-order chi connectivity index (χ0) is 22.8. The van der Waals surface area contributed by atoms with E-state index in [0.29, 0.717) is 23.4 Å². The number of rotatable bonds is 7. The summed E-state index contributed by atoms with van der Waals surface area (Å²) >= 11 is 0. The van der Waals surface area contributed by atoms with Crippen LogP contribution in [-0.4, -0.2) is 27.1 Å². The first-order valence-electron chi connectivity index (χ1n) is 11.6. The summed E-state index contributed by atoms with van der Waals surface area (Å²) in [7, 11) is 0. The lowest BCUT2D eigenvalue weighted by atomic mass is 9.77. The third-order valence-corrected chi connectivity index (χ3v) is 6.75. The monoisotopic (exact) mass is 445 g/mol. The van der Waals surface area contributed by atoms with Crippen LogP contribution < -0.4 is 5.32 Å². The van der Waals surface area contributed by atoms with Crippen molar-refractivity contribution in [2.45, 2.75) is 56.8 Å². The second-order valence-corrected chi connectivity index (χ2v) is 9.21. The molecular formula is C26H27N3O4. The lowest BCUT2D eigenvalue weighted by Crippen LogP contribution is -2.16. The Balaban J connectivity index is 1.18. The van der Waals surface area contributed by atoms with Crippen molar-refractivity contribution in [3.05, 3.63) is 65.7 Å². The third-order valence-electron chi connectivity index (χ3n) is 6.75. The van der Waals surface area contributed by atoms with Gasteiger partial charge in [-0.3, -0.25) is 14.6 Å². The average molecular weight is 446 g/mol. The van der Waals surface area contributed by atoms with Crippen LogP contribution in [0.1, 0.15) is 78.6 Å². The molecule has 0 saturated heterocycles. The Bertz CT molecular complexity index is 1130. The predicted molar refractivity (Wildman–Crippen MR) is 123 cm³/mol. The largest absolute Gasteiger partial charge is 0.481 e. The quantitative estimate of drug-likeness (QED) is 0.489. The van der Waals surface area contributed by atoms with Crippen LogP contribution in [-0.2, 0) is 4.79 Å². The van der Waals surface area contributed by atoms with E-state index in [4.69, 9.17) is 9.63 Å². The Hall–Kier alpha value is -3.48. The number of carboxylic acid groups (broad SMARTS) is 1. The first-order chi connectivity index (χ1) is 16.0. The molecule has 0 bridgehead atoms. The van der Waals surface area contributed by atoms with Gasteiger partial charge in [0.15, 0.2) is 5.69 Å². The maximum Gasteiger partial charge on any atom is 0.303 e. The van der Waals surface area contributed by atoms with Gasteiger partial charge in [-0.1, -0.05) is 29.4 Å². The maximum absolute atomic E-state index is 12.4. The summed E-state index contributed by atoms with van der Waals surface area (Å²) < 4.78 is 5.25. The van der Waals surface area contributed by atoms with Gasteiger partial charge in [0.05, 0.1) is 17.6 Å². The van der Waals surface area contributed by atoms with Crippen LogP contribution in [0.3, 0.4) is 0 Å². The molecule has 2 aliphatic carbocycles. The zero-order valence-corrected chi connectivity index (χ0v) is 18.4. The molecule has 5 rings (SSSR count). The molecule has 0 spiro atoms. The predicted octanol–water partition coefficient (Wildman–Crippen LogP) is 5.61. The Morgan fingerprint density at radius 1 is 0.970 bits per heavy atom. The number of hydrogen-bond acceptors (Lipinski definition) is 5. The van der Waals surface area contributed by atoms with Gasteiger partial charge < -0.3 is 14.9 Å². The summed E-state index contributed by atoms with van der Waals surface area (Å²) in [4.78, 5) is 27.8. The van der Waals surface area contributed by atoms with Crippen LogP contribution in [0.2, 0.25) is 0 Å². The molecule has 2 aliphatic rings. The van der Waals surface area contributed by atoms with Crippen molar-refractivity contribution < 1.29 is 19.2 Å². The van der Waals surface area contributed by atoms with Gasteiger partial charge in [0.1, 0.15) is 5.76 Å². The summed E-state index contributed by atoms with van der Waals surface area (Å²) in [5.41, 5.74) is 4.04. The minimum absolute atomic E-state index is 0.286. The van der Waals surface area contributed by atoms with Crippen LogP contribution in [0.25, 0.3) is 11.3 Å². The second kappa shape index (κ2) is 9.17. The van der Waals surface area contributed by atoms with Gasteiger partial charge in [0.2, 0.25) is 0 Å². The number of nitrogens with zero attached hydrogens (tertiary/aromatic N) is 2. The highest BCUT2D eigenvalue weighted by atomic mass is 16.5. The fourth-order valence-electron chi connectivity index (χ4n) is 4.66. The number of carboxylic acids is 1. The van der Waals surface area contributed by atoms with Crippen molar-refractivity contribution in [3.8, 4) is 11.3 Å². The van der Waals surface area contributed by atoms with E-state index in [1.54, 1.807) is 12.3 Å². The van der Waals surface area contributed by atoms with Crippen LogP contribution >= 0.6 is 0 Å². The summed E-state index contributed by atoms with van der Waals surface area (Å²) in [6.07, 6.45) is 8.15. The molecule has 0 unspecified atom stereocenters. The van der Waals surface area contributed by atoms with E-state index in [9.17, 15) is 9.59 Å². The van der Waals surface area contributed by atoms with E-state index >= 15 is 0 Å². The molecule has 2 N–H and O–H groups in total. The van der Waals surface area contributed by atoms with E-state index < -0.39 is 5.97 Å². The van der Waals surface area contributed by atoms with Crippen LogP contribution in [0.15, 0.2) is 53.2 Å². The Morgan fingerprint density at radius 3 is 2.33 bits per heavy atom. The average Bonchev–Trinajstić information content (AvgIpc) is 3.56. The Morgan fingerprint density at radius 2 is 1.70 bits per heavy atom. The number of hydrogen-bond donors (Lipinski definition) is 2. The van der Waals surface area contributed by atoms with Gasteiger partial charge in [0.25, 0.3) is 5.91 Å². The van der Waals surface area contributed by atoms with Crippen molar-refractivity contribution in [2.24, 2.45) is 5.92 Å². The van der Waals surface area contributed by atoms with Crippen molar-refractivity contribution in [3.63, 3.8) is 0 Å². The molecule has 1 aromatic carbocycles. The lowest BCUT2D eigenvalue weighted by molar-refractivity contribution is -0.138. The van der Waals surface area contributed by atoms with Crippen molar-refractivity contribution >= 4 is 17.6 Å². The molecule has 7 heteroatoms. The molecule has 0 aliphatic heterocycles. The molecule has 2 heterocycles. The number of pyridine rings is 1. The number of carbonyl (C=O) groups is 2. The van der Waals surface area contributed by atoms with Gasteiger partial charge in [-0.05, 0) is 68.1 Å². The minimum atomic E-state index is -0.693. The standard InChI is InChI=1S/C26H27N3O4/c30-25(31)13-16-1-3-17(4-2-16)18-5-7-19(8-6-18)22-12-11-21(15-27-22)28-26(32)23-14-24(33-29-23)20-9-10-20/h5-8,11-12,14-17,20H,1-4,9-10,13H2,(H,28,32)(H,30,31). The van der Waals surface area contributed by atoms with E-state index in [2.05, 4.69) is 39.7 Å².